The van der Waals surface area contributed by atoms with Crippen molar-refractivity contribution in [3.63, 3.8) is 0 Å². The topological polar surface area (TPSA) is 84.7 Å². The molecule has 1 fully saturated rings. The first-order valence-electron chi connectivity index (χ1n) is 6.98. The number of amides is 1. The van der Waals surface area contributed by atoms with Crippen molar-refractivity contribution < 1.29 is 19.4 Å². The molecule has 1 aliphatic heterocycles. The smallest absolute Gasteiger partial charge is 0.328 e. The summed E-state index contributed by atoms with van der Waals surface area (Å²) < 4.78 is 7.62. The molecule has 2 aromatic rings. The summed E-state index contributed by atoms with van der Waals surface area (Å²) in [6.45, 7) is 0.599. The van der Waals surface area contributed by atoms with Crippen molar-refractivity contribution in [3.05, 3.63) is 46.7 Å². The minimum Gasteiger partial charge on any atom is -0.480 e. The van der Waals surface area contributed by atoms with E-state index in [1.54, 1.807) is 35.3 Å². The van der Waals surface area contributed by atoms with Gasteiger partial charge in [0.05, 0.1) is 29.6 Å². The van der Waals surface area contributed by atoms with Crippen molar-refractivity contribution in [2.24, 2.45) is 0 Å². The van der Waals surface area contributed by atoms with Gasteiger partial charge >= 0.3 is 5.97 Å². The highest BCUT2D eigenvalue weighted by atomic mass is 79.9. The molecule has 120 valence electrons. The summed E-state index contributed by atoms with van der Waals surface area (Å²) in [7, 11) is 0. The van der Waals surface area contributed by atoms with Crippen LogP contribution in [0, 0.1) is 0 Å². The number of carboxylic acids is 1. The van der Waals surface area contributed by atoms with Crippen molar-refractivity contribution in [3.8, 4) is 5.69 Å². The number of aromatic nitrogens is 2. The van der Waals surface area contributed by atoms with Gasteiger partial charge in [-0.25, -0.2) is 9.48 Å². The average molecular weight is 380 g/mol. The minimum atomic E-state index is -1.06. The van der Waals surface area contributed by atoms with Gasteiger partial charge in [0.25, 0.3) is 5.91 Å². The number of halogens is 1. The van der Waals surface area contributed by atoms with Crippen molar-refractivity contribution in [1.29, 1.82) is 0 Å². The Balaban J connectivity index is 1.88. The van der Waals surface area contributed by atoms with Crippen molar-refractivity contribution >= 4 is 27.8 Å². The molecule has 1 aliphatic rings. The Morgan fingerprint density at radius 2 is 2.22 bits per heavy atom. The lowest BCUT2D eigenvalue weighted by Crippen LogP contribution is -2.52. The zero-order valence-corrected chi connectivity index (χ0v) is 13.6. The van der Waals surface area contributed by atoms with E-state index < -0.39 is 12.0 Å². The molecule has 1 saturated heterocycles. The Hall–Kier alpha value is -2.19. The summed E-state index contributed by atoms with van der Waals surface area (Å²) in [5, 5.41) is 13.4. The van der Waals surface area contributed by atoms with Crippen LogP contribution in [-0.2, 0) is 9.53 Å². The van der Waals surface area contributed by atoms with Gasteiger partial charge < -0.3 is 14.7 Å². The van der Waals surface area contributed by atoms with Gasteiger partial charge in [-0.15, -0.1) is 0 Å². The van der Waals surface area contributed by atoms with Gasteiger partial charge in [0, 0.05) is 18.3 Å². The first-order valence-corrected chi connectivity index (χ1v) is 7.77. The van der Waals surface area contributed by atoms with E-state index in [0.29, 0.717) is 12.2 Å². The Kier molecular flexibility index (Phi) is 4.44. The molecule has 0 unspecified atom stereocenters. The molecule has 23 heavy (non-hydrogen) atoms. The molecular formula is C15H14BrN3O4. The van der Waals surface area contributed by atoms with E-state index in [-0.39, 0.29) is 19.1 Å². The Bertz CT molecular complexity index is 746. The van der Waals surface area contributed by atoms with E-state index in [4.69, 9.17) is 4.74 Å². The van der Waals surface area contributed by atoms with Crippen LogP contribution in [0.5, 0.6) is 0 Å². The molecule has 1 atom stereocenters. The number of rotatable bonds is 3. The summed E-state index contributed by atoms with van der Waals surface area (Å²) in [6, 6.07) is 5.96. The van der Waals surface area contributed by atoms with Crippen LogP contribution >= 0.6 is 15.9 Å². The summed E-state index contributed by atoms with van der Waals surface area (Å²) >= 11 is 3.33. The van der Waals surface area contributed by atoms with Crippen LogP contribution in [0.25, 0.3) is 5.69 Å². The van der Waals surface area contributed by atoms with Crippen LogP contribution in [0.2, 0.25) is 0 Å². The lowest BCUT2D eigenvalue weighted by atomic mass is 10.1. The largest absolute Gasteiger partial charge is 0.480 e. The summed E-state index contributed by atoms with van der Waals surface area (Å²) in [5.74, 6) is -1.39. The molecule has 8 heteroatoms. The fourth-order valence-corrected chi connectivity index (χ4v) is 2.73. The highest BCUT2D eigenvalue weighted by Gasteiger charge is 2.33. The highest BCUT2D eigenvalue weighted by molar-refractivity contribution is 9.10. The number of ether oxygens (including phenoxy) is 1. The van der Waals surface area contributed by atoms with Crippen LogP contribution in [0.3, 0.4) is 0 Å². The summed E-state index contributed by atoms with van der Waals surface area (Å²) in [4.78, 5) is 25.3. The normalized spacial score (nSPS) is 18.0. The maximum Gasteiger partial charge on any atom is 0.328 e. The molecule has 1 aromatic heterocycles. The summed E-state index contributed by atoms with van der Waals surface area (Å²) in [5.41, 5.74) is 1.14. The van der Waals surface area contributed by atoms with E-state index in [2.05, 4.69) is 21.0 Å². The zero-order chi connectivity index (χ0) is 16.4. The first kappa shape index (κ1) is 15.7. The number of morpholine rings is 1. The Labute approximate surface area is 140 Å². The van der Waals surface area contributed by atoms with Gasteiger partial charge in [0.15, 0.2) is 6.04 Å². The second-order valence-corrected chi connectivity index (χ2v) is 6.00. The third kappa shape index (κ3) is 3.27. The third-order valence-electron chi connectivity index (χ3n) is 3.58. The molecule has 1 N–H and O–H groups in total. The Morgan fingerprint density at radius 3 is 2.91 bits per heavy atom. The average Bonchev–Trinajstić information content (AvgIpc) is 3.01. The van der Waals surface area contributed by atoms with Gasteiger partial charge in [-0.05, 0) is 34.1 Å². The molecule has 1 amide bonds. The highest BCUT2D eigenvalue weighted by Crippen LogP contribution is 2.17. The number of carbonyl (C=O) groups excluding carboxylic acids is 1. The standard InChI is InChI=1S/C15H14BrN3O4/c16-11-7-17-19(8-11)12-3-1-2-10(6-12)14(20)18-4-5-23-9-13(18)15(21)22/h1-3,6-8,13H,4-5,9H2,(H,21,22)/t13-/m1/s1. The van der Waals surface area contributed by atoms with Gasteiger partial charge in [-0.2, -0.15) is 5.10 Å². The number of carboxylic acid groups (broad SMARTS) is 1. The van der Waals surface area contributed by atoms with Gasteiger partial charge in [0.1, 0.15) is 0 Å². The SMILES string of the molecule is O=C(O)[C@H]1COCCN1C(=O)c1cccc(-n2cc(Br)cn2)c1. The van der Waals surface area contributed by atoms with Crippen molar-refractivity contribution in [1.82, 2.24) is 14.7 Å². The van der Waals surface area contributed by atoms with Gasteiger partial charge in [0.2, 0.25) is 0 Å². The van der Waals surface area contributed by atoms with Crippen molar-refractivity contribution in [2.45, 2.75) is 6.04 Å². The second-order valence-electron chi connectivity index (χ2n) is 5.08. The molecule has 1 aromatic carbocycles. The maximum atomic E-state index is 12.7. The van der Waals surface area contributed by atoms with Crippen LogP contribution in [0.15, 0.2) is 41.1 Å². The molecule has 0 radical (unpaired) electrons. The molecule has 0 bridgehead atoms. The number of aliphatic carboxylic acids is 1. The van der Waals surface area contributed by atoms with Crippen LogP contribution in [0.4, 0.5) is 0 Å². The molecule has 2 heterocycles. The second kappa shape index (κ2) is 6.51. The van der Waals surface area contributed by atoms with Crippen LogP contribution in [-0.4, -0.2) is 57.5 Å². The minimum absolute atomic E-state index is 0.00681. The fraction of sp³-hybridized carbons (Fsp3) is 0.267. The van der Waals surface area contributed by atoms with E-state index in [9.17, 15) is 14.7 Å². The first-order chi connectivity index (χ1) is 11.1. The zero-order valence-electron chi connectivity index (χ0n) is 12.1. The molecule has 3 rings (SSSR count). The van der Waals surface area contributed by atoms with E-state index in [1.807, 2.05) is 6.07 Å². The van der Waals surface area contributed by atoms with E-state index in [1.165, 1.54) is 4.90 Å². The molecule has 7 nitrogen and oxygen atoms in total. The predicted octanol–water partition coefficient (Wildman–Crippen LogP) is 1.56. The van der Waals surface area contributed by atoms with Gasteiger partial charge in [-0.3, -0.25) is 4.79 Å². The van der Waals surface area contributed by atoms with Crippen LogP contribution < -0.4 is 0 Å². The molecule has 0 spiro atoms. The molecule has 0 saturated carbocycles. The molecule has 0 aliphatic carbocycles. The summed E-state index contributed by atoms with van der Waals surface area (Å²) in [6.07, 6.45) is 3.43. The number of nitrogens with zero attached hydrogens (tertiary/aromatic N) is 3. The van der Waals surface area contributed by atoms with Gasteiger partial charge in [-0.1, -0.05) is 6.07 Å². The Morgan fingerprint density at radius 1 is 1.39 bits per heavy atom. The van der Waals surface area contributed by atoms with Crippen LogP contribution in [0.1, 0.15) is 10.4 Å². The lowest BCUT2D eigenvalue weighted by molar-refractivity contribution is -0.147. The third-order valence-corrected chi connectivity index (χ3v) is 3.99. The monoisotopic (exact) mass is 379 g/mol. The fourth-order valence-electron chi connectivity index (χ4n) is 2.44. The van der Waals surface area contributed by atoms with E-state index in [0.717, 1.165) is 10.2 Å². The predicted molar refractivity (Wildman–Crippen MR) is 84.5 cm³/mol. The number of hydrogen-bond acceptors (Lipinski definition) is 4. The molecular weight excluding hydrogens is 366 g/mol. The number of benzene rings is 1. The van der Waals surface area contributed by atoms with Crippen molar-refractivity contribution in [2.75, 3.05) is 19.8 Å². The lowest BCUT2D eigenvalue weighted by Gasteiger charge is -2.32. The van der Waals surface area contributed by atoms with E-state index >= 15 is 0 Å². The maximum absolute atomic E-state index is 12.7. The quantitative estimate of drug-likeness (QED) is 0.874. The number of carbonyl (C=O) groups is 2. The number of hydrogen-bond donors (Lipinski definition) is 1.